The second-order valence-electron chi connectivity index (χ2n) is 5.47. The first-order valence-corrected chi connectivity index (χ1v) is 8.52. The van der Waals surface area contributed by atoms with E-state index < -0.39 is 0 Å². The molecule has 0 saturated carbocycles. The van der Waals surface area contributed by atoms with Crippen molar-refractivity contribution in [1.29, 1.82) is 0 Å². The van der Waals surface area contributed by atoms with Crippen LogP contribution in [0.25, 0.3) is 10.6 Å². The van der Waals surface area contributed by atoms with Crippen LogP contribution in [0.2, 0.25) is 0 Å². The van der Waals surface area contributed by atoms with Gasteiger partial charge in [0.2, 0.25) is 0 Å². The highest BCUT2D eigenvalue weighted by atomic mass is 32.1. The molecule has 0 saturated heterocycles. The molecule has 0 bridgehead atoms. The highest BCUT2D eigenvalue weighted by Gasteiger charge is 2.24. The number of amides is 1. The van der Waals surface area contributed by atoms with E-state index in [1.54, 1.807) is 18.6 Å². The number of benzene rings is 1. The van der Waals surface area contributed by atoms with E-state index in [2.05, 4.69) is 15.3 Å². The molecule has 2 aromatic heterocycles. The summed E-state index contributed by atoms with van der Waals surface area (Å²) in [4.78, 5) is 21.6. The molecule has 120 valence electrons. The van der Waals surface area contributed by atoms with Crippen molar-refractivity contribution in [1.82, 2.24) is 15.3 Å². The van der Waals surface area contributed by atoms with Crippen LogP contribution in [0.1, 0.15) is 27.7 Å². The number of para-hydroxylation sites is 1. The fraction of sp³-hybridized carbons (Fsp3) is 0.167. The maximum absolute atomic E-state index is 12.6. The van der Waals surface area contributed by atoms with Crippen molar-refractivity contribution in [3.8, 4) is 16.3 Å². The molecular formula is C18H15N3O2S. The lowest BCUT2D eigenvalue weighted by Crippen LogP contribution is -2.31. The number of nitrogens with zero attached hydrogens (tertiary/aromatic N) is 2. The highest BCUT2D eigenvalue weighted by Crippen LogP contribution is 2.32. The van der Waals surface area contributed by atoms with E-state index in [0.717, 1.165) is 28.3 Å². The Morgan fingerprint density at radius 3 is 3.00 bits per heavy atom. The van der Waals surface area contributed by atoms with Crippen molar-refractivity contribution in [3.05, 3.63) is 65.4 Å². The quantitative estimate of drug-likeness (QED) is 0.795. The van der Waals surface area contributed by atoms with Gasteiger partial charge in [-0.05, 0) is 18.2 Å². The van der Waals surface area contributed by atoms with Gasteiger partial charge in [0, 0.05) is 29.9 Å². The summed E-state index contributed by atoms with van der Waals surface area (Å²) in [6.45, 7) is 0.603. The largest absolute Gasteiger partial charge is 0.493 e. The van der Waals surface area contributed by atoms with E-state index in [1.165, 1.54) is 11.3 Å². The standard InChI is InChI=1S/C18H15N3O2S/c22-17(16-11-20-18(24-16)12-4-3-8-19-10-12)21-14-7-9-23-15-6-2-1-5-13(14)15/h1-6,8,10-11,14H,7,9H2,(H,21,22). The molecule has 0 spiro atoms. The minimum Gasteiger partial charge on any atom is -0.493 e. The minimum absolute atomic E-state index is 0.0357. The van der Waals surface area contributed by atoms with Gasteiger partial charge in [0.25, 0.3) is 5.91 Å². The Morgan fingerprint density at radius 2 is 2.12 bits per heavy atom. The summed E-state index contributed by atoms with van der Waals surface area (Å²) < 4.78 is 5.63. The van der Waals surface area contributed by atoms with Crippen molar-refractivity contribution in [2.45, 2.75) is 12.5 Å². The lowest BCUT2D eigenvalue weighted by Gasteiger charge is -2.26. The van der Waals surface area contributed by atoms with E-state index >= 15 is 0 Å². The maximum Gasteiger partial charge on any atom is 0.263 e. The monoisotopic (exact) mass is 337 g/mol. The molecule has 1 aromatic carbocycles. The SMILES string of the molecule is O=C(NC1CCOc2ccccc21)c1cnc(-c2cccnc2)s1. The third-order valence-electron chi connectivity index (χ3n) is 3.90. The molecule has 1 aliphatic rings. The Labute approximate surface area is 143 Å². The molecule has 1 unspecified atom stereocenters. The van der Waals surface area contributed by atoms with Crippen molar-refractivity contribution >= 4 is 17.2 Å². The van der Waals surface area contributed by atoms with Crippen LogP contribution >= 0.6 is 11.3 Å². The number of pyridine rings is 1. The summed E-state index contributed by atoms with van der Waals surface area (Å²) in [6.07, 6.45) is 5.84. The zero-order valence-corrected chi connectivity index (χ0v) is 13.6. The molecule has 24 heavy (non-hydrogen) atoms. The number of thiazole rings is 1. The molecule has 0 fully saturated rings. The summed E-state index contributed by atoms with van der Waals surface area (Å²) >= 11 is 1.37. The van der Waals surface area contributed by atoms with Gasteiger partial charge in [-0.3, -0.25) is 9.78 Å². The molecule has 3 aromatic rings. The lowest BCUT2D eigenvalue weighted by molar-refractivity contribution is 0.0928. The van der Waals surface area contributed by atoms with Gasteiger partial charge in [-0.1, -0.05) is 18.2 Å². The van der Waals surface area contributed by atoms with Crippen LogP contribution in [0.3, 0.4) is 0 Å². The minimum atomic E-state index is -0.107. The topological polar surface area (TPSA) is 64.1 Å². The van der Waals surface area contributed by atoms with E-state index in [9.17, 15) is 4.79 Å². The number of hydrogen-bond donors (Lipinski definition) is 1. The van der Waals surface area contributed by atoms with Crippen molar-refractivity contribution < 1.29 is 9.53 Å². The van der Waals surface area contributed by atoms with E-state index in [4.69, 9.17) is 4.74 Å². The molecule has 3 heterocycles. The lowest BCUT2D eigenvalue weighted by atomic mass is 10.0. The van der Waals surface area contributed by atoms with E-state index in [-0.39, 0.29) is 11.9 Å². The van der Waals surface area contributed by atoms with Gasteiger partial charge >= 0.3 is 0 Å². The fourth-order valence-electron chi connectivity index (χ4n) is 2.72. The molecular weight excluding hydrogens is 322 g/mol. The zero-order chi connectivity index (χ0) is 16.4. The number of fused-ring (bicyclic) bond motifs is 1. The normalized spacial score (nSPS) is 16.1. The van der Waals surface area contributed by atoms with Gasteiger partial charge in [0.05, 0.1) is 18.8 Å². The van der Waals surface area contributed by atoms with Crippen LogP contribution < -0.4 is 10.1 Å². The van der Waals surface area contributed by atoms with Gasteiger partial charge in [-0.25, -0.2) is 4.98 Å². The molecule has 1 atom stereocenters. The van der Waals surface area contributed by atoms with Gasteiger partial charge < -0.3 is 10.1 Å². The first-order chi connectivity index (χ1) is 11.8. The number of rotatable bonds is 3. The molecule has 5 nitrogen and oxygen atoms in total. The summed E-state index contributed by atoms with van der Waals surface area (Å²) in [5, 5.41) is 3.88. The predicted octanol–water partition coefficient (Wildman–Crippen LogP) is 3.46. The summed E-state index contributed by atoms with van der Waals surface area (Å²) in [5.74, 6) is 0.735. The van der Waals surface area contributed by atoms with Gasteiger partial charge in [-0.2, -0.15) is 0 Å². The molecule has 6 heteroatoms. The number of hydrogen-bond acceptors (Lipinski definition) is 5. The molecule has 4 rings (SSSR count). The van der Waals surface area contributed by atoms with Crippen molar-refractivity contribution in [2.24, 2.45) is 0 Å². The number of nitrogens with one attached hydrogen (secondary N) is 1. The number of carbonyl (C=O) groups is 1. The van der Waals surface area contributed by atoms with E-state index in [0.29, 0.717) is 11.5 Å². The fourth-order valence-corrected chi connectivity index (χ4v) is 3.53. The molecule has 1 aliphatic heterocycles. The molecule has 0 radical (unpaired) electrons. The average molecular weight is 337 g/mol. The van der Waals surface area contributed by atoms with Crippen LogP contribution in [-0.2, 0) is 0 Å². The van der Waals surface area contributed by atoms with Crippen molar-refractivity contribution in [2.75, 3.05) is 6.61 Å². The second kappa shape index (κ2) is 6.41. The third-order valence-corrected chi connectivity index (χ3v) is 4.95. The van der Waals surface area contributed by atoms with Gasteiger partial charge in [-0.15, -0.1) is 11.3 Å². The first kappa shape index (κ1) is 14.8. The van der Waals surface area contributed by atoms with Gasteiger partial charge in [0.1, 0.15) is 15.6 Å². The number of carbonyl (C=O) groups excluding carboxylic acids is 1. The first-order valence-electron chi connectivity index (χ1n) is 7.70. The third kappa shape index (κ3) is 2.88. The van der Waals surface area contributed by atoms with Crippen LogP contribution in [-0.4, -0.2) is 22.5 Å². The van der Waals surface area contributed by atoms with Crippen molar-refractivity contribution in [3.63, 3.8) is 0 Å². The highest BCUT2D eigenvalue weighted by molar-refractivity contribution is 7.16. The van der Waals surface area contributed by atoms with Crippen LogP contribution in [0, 0.1) is 0 Å². The molecule has 0 aliphatic carbocycles. The predicted molar refractivity (Wildman–Crippen MR) is 92.1 cm³/mol. The Morgan fingerprint density at radius 1 is 1.21 bits per heavy atom. The zero-order valence-electron chi connectivity index (χ0n) is 12.8. The smallest absolute Gasteiger partial charge is 0.263 e. The molecule has 1 amide bonds. The summed E-state index contributed by atoms with van der Waals surface area (Å²) in [7, 11) is 0. The number of ether oxygens (including phenoxy) is 1. The maximum atomic E-state index is 12.6. The summed E-state index contributed by atoms with van der Waals surface area (Å²) in [6, 6.07) is 11.6. The van der Waals surface area contributed by atoms with Crippen LogP contribution in [0.5, 0.6) is 5.75 Å². The van der Waals surface area contributed by atoms with Gasteiger partial charge in [0.15, 0.2) is 0 Å². The Bertz CT molecular complexity index is 863. The Balaban J connectivity index is 1.53. The van der Waals surface area contributed by atoms with Crippen LogP contribution in [0.15, 0.2) is 55.0 Å². The summed E-state index contributed by atoms with van der Waals surface area (Å²) in [5.41, 5.74) is 1.94. The van der Waals surface area contributed by atoms with E-state index in [1.807, 2.05) is 36.4 Å². The average Bonchev–Trinajstić information content (AvgIpc) is 3.13. The Kier molecular flexibility index (Phi) is 3.96. The number of aromatic nitrogens is 2. The Hall–Kier alpha value is -2.73. The second-order valence-corrected chi connectivity index (χ2v) is 6.50. The molecule has 1 N–H and O–H groups in total. The van der Waals surface area contributed by atoms with Crippen LogP contribution in [0.4, 0.5) is 0 Å².